The Morgan fingerprint density at radius 2 is 1.29 bits per heavy atom. The lowest BCUT2D eigenvalue weighted by Crippen LogP contribution is -2.15. The van der Waals surface area contributed by atoms with Gasteiger partial charge in [-0.2, -0.15) is 5.26 Å². The average molecular weight is 454 g/mol. The number of pyridine rings is 1. The molecule has 6 rings (SSSR count). The fourth-order valence-electron chi connectivity index (χ4n) is 4.35. The molecule has 4 heteroatoms. The topological polar surface area (TPSA) is 39.9 Å². The molecule has 0 radical (unpaired) electrons. The van der Waals surface area contributed by atoms with E-state index in [9.17, 15) is 0 Å². The quantitative estimate of drug-likeness (QED) is 0.271. The van der Waals surface area contributed by atoms with E-state index >= 15 is 0 Å². The summed E-state index contributed by atoms with van der Waals surface area (Å²) in [5.41, 5.74) is 8.20. The van der Waals surface area contributed by atoms with E-state index in [4.69, 9.17) is 5.26 Å². The second kappa shape index (κ2) is 8.55. The van der Waals surface area contributed by atoms with Crippen LogP contribution in [0, 0.1) is 11.3 Å². The summed E-state index contributed by atoms with van der Waals surface area (Å²) in [7, 11) is 0. The summed E-state index contributed by atoms with van der Waals surface area (Å²) in [4.78, 5) is 9.34. The van der Waals surface area contributed by atoms with Crippen molar-refractivity contribution in [1.29, 1.82) is 5.26 Å². The molecule has 0 atom stereocenters. The average Bonchev–Trinajstić information content (AvgIpc) is 2.92. The number of rotatable bonds is 3. The first kappa shape index (κ1) is 20.3. The molecule has 1 aliphatic heterocycles. The van der Waals surface area contributed by atoms with Crippen LogP contribution in [0.15, 0.2) is 125 Å². The monoisotopic (exact) mass is 453 g/mol. The van der Waals surface area contributed by atoms with Gasteiger partial charge in [-0.05, 0) is 54.1 Å². The van der Waals surface area contributed by atoms with E-state index in [-0.39, 0.29) is 0 Å². The molecule has 0 amide bonds. The number of hydrogen-bond donors (Lipinski definition) is 0. The SMILES string of the molecule is N#Cc1ccc(-c2cccc(-c3ccccc3N3c4ccccc4Sc4ccccc43)c2)nc1. The van der Waals surface area contributed by atoms with Crippen LogP contribution in [-0.2, 0) is 0 Å². The van der Waals surface area contributed by atoms with Crippen molar-refractivity contribution in [3.8, 4) is 28.5 Å². The summed E-state index contributed by atoms with van der Waals surface area (Å²) in [5, 5.41) is 9.09. The van der Waals surface area contributed by atoms with Crippen LogP contribution in [0.2, 0.25) is 0 Å². The summed E-state index contributed by atoms with van der Waals surface area (Å²) < 4.78 is 0. The Kier molecular flexibility index (Phi) is 5.10. The first-order valence-electron chi connectivity index (χ1n) is 11.0. The lowest BCUT2D eigenvalue weighted by atomic mass is 9.98. The van der Waals surface area contributed by atoms with Gasteiger partial charge in [-0.3, -0.25) is 4.98 Å². The van der Waals surface area contributed by atoms with Gasteiger partial charge in [-0.15, -0.1) is 0 Å². The number of benzene rings is 4. The smallest absolute Gasteiger partial charge is 0.101 e. The van der Waals surface area contributed by atoms with Crippen molar-refractivity contribution in [2.75, 3.05) is 4.90 Å². The van der Waals surface area contributed by atoms with Crippen LogP contribution in [0.4, 0.5) is 17.1 Å². The molecule has 0 fully saturated rings. The lowest BCUT2D eigenvalue weighted by Gasteiger charge is -2.34. The normalized spacial score (nSPS) is 11.9. The molecule has 0 aliphatic carbocycles. The van der Waals surface area contributed by atoms with Crippen LogP contribution in [0.1, 0.15) is 5.56 Å². The molecule has 4 aromatic carbocycles. The largest absolute Gasteiger partial charge is 0.308 e. The minimum absolute atomic E-state index is 0.561. The molecule has 3 nitrogen and oxygen atoms in total. The molecule has 0 bridgehead atoms. The first-order valence-corrected chi connectivity index (χ1v) is 11.9. The molecular weight excluding hydrogens is 434 g/mol. The van der Waals surface area contributed by atoms with Gasteiger partial charge in [0.2, 0.25) is 0 Å². The number of para-hydroxylation sites is 3. The van der Waals surface area contributed by atoms with Crippen molar-refractivity contribution in [3.63, 3.8) is 0 Å². The maximum atomic E-state index is 9.09. The number of fused-ring (bicyclic) bond motifs is 2. The van der Waals surface area contributed by atoms with Crippen molar-refractivity contribution in [3.05, 3.63) is 121 Å². The van der Waals surface area contributed by atoms with E-state index < -0.39 is 0 Å². The number of aromatic nitrogens is 1. The van der Waals surface area contributed by atoms with Crippen molar-refractivity contribution in [1.82, 2.24) is 4.98 Å². The molecule has 1 aromatic heterocycles. The van der Waals surface area contributed by atoms with Gasteiger partial charge < -0.3 is 4.90 Å². The summed E-state index contributed by atoms with van der Waals surface area (Å²) in [5.74, 6) is 0. The van der Waals surface area contributed by atoms with Gasteiger partial charge in [0.05, 0.1) is 28.3 Å². The Morgan fingerprint density at radius 1 is 0.647 bits per heavy atom. The van der Waals surface area contributed by atoms with Gasteiger partial charge in [0.1, 0.15) is 6.07 Å². The van der Waals surface area contributed by atoms with E-state index in [1.807, 2.05) is 23.9 Å². The number of nitriles is 1. The Bertz CT molecular complexity index is 1500. The minimum atomic E-state index is 0.561. The molecular formula is C30H19N3S. The highest BCUT2D eigenvalue weighted by Crippen LogP contribution is 2.52. The fourth-order valence-corrected chi connectivity index (χ4v) is 5.41. The zero-order chi connectivity index (χ0) is 22.9. The summed E-state index contributed by atoms with van der Waals surface area (Å²) >= 11 is 1.81. The molecule has 5 aromatic rings. The molecule has 34 heavy (non-hydrogen) atoms. The highest BCUT2D eigenvalue weighted by molar-refractivity contribution is 7.99. The minimum Gasteiger partial charge on any atom is -0.308 e. The van der Waals surface area contributed by atoms with E-state index in [1.165, 1.54) is 21.2 Å². The maximum absolute atomic E-state index is 9.09. The van der Waals surface area contributed by atoms with Crippen LogP contribution in [0.5, 0.6) is 0 Å². The Balaban J connectivity index is 1.51. The molecule has 0 spiro atoms. The van der Waals surface area contributed by atoms with Crippen LogP contribution < -0.4 is 4.90 Å². The summed E-state index contributed by atoms with van der Waals surface area (Å²) in [6.45, 7) is 0. The van der Waals surface area contributed by atoms with E-state index in [0.29, 0.717) is 5.56 Å². The highest BCUT2D eigenvalue weighted by Gasteiger charge is 2.26. The van der Waals surface area contributed by atoms with Gasteiger partial charge in [0, 0.05) is 27.1 Å². The van der Waals surface area contributed by atoms with Gasteiger partial charge >= 0.3 is 0 Å². The van der Waals surface area contributed by atoms with Gasteiger partial charge in [-0.1, -0.05) is 72.4 Å². The van der Waals surface area contributed by atoms with E-state index in [0.717, 1.165) is 28.1 Å². The van der Waals surface area contributed by atoms with Gasteiger partial charge in [0.25, 0.3) is 0 Å². The molecule has 0 N–H and O–H groups in total. The zero-order valence-corrected chi connectivity index (χ0v) is 19.0. The van der Waals surface area contributed by atoms with Crippen LogP contribution in [-0.4, -0.2) is 4.98 Å². The molecule has 0 saturated heterocycles. The maximum Gasteiger partial charge on any atom is 0.101 e. The third kappa shape index (κ3) is 3.53. The molecule has 0 unspecified atom stereocenters. The Morgan fingerprint density at radius 3 is 1.97 bits per heavy atom. The third-order valence-corrected chi connectivity index (χ3v) is 7.07. The fraction of sp³-hybridized carbons (Fsp3) is 0. The van der Waals surface area contributed by atoms with Crippen LogP contribution in [0.3, 0.4) is 0 Å². The van der Waals surface area contributed by atoms with Gasteiger partial charge in [-0.25, -0.2) is 0 Å². The summed E-state index contributed by atoms with van der Waals surface area (Å²) in [6, 6.07) is 39.9. The standard InChI is InChI=1S/C30H19N3S/c31-19-21-16-17-25(32-20-21)23-9-7-8-22(18-23)24-10-1-2-11-26(24)33-27-12-3-5-14-29(27)34-30-15-6-4-13-28(30)33/h1-18,20H. The van der Waals surface area contributed by atoms with Crippen molar-refractivity contribution >= 4 is 28.8 Å². The predicted molar refractivity (Wildman–Crippen MR) is 139 cm³/mol. The number of anilines is 3. The zero-order valence-electron chi connectivity index (χ0n) is 18.2. The summed E-state index contributed by atoms with van der Waals surface area (Å²) in [6.07, 6.45) is 1.62. The predicted octanol–water partition coefficient (Wildman–Crippen LogP) is 8.22. The van der Waals surface area contributed by atoms with Crippen LogP contribution >= 0.6 is 11.8 Å². The third-order valence-electron chi connectivity index (χ3n) is 5.94. The van der Waals surface area contributed by atoms with E-state index in [1.54, 1.807) is 6.20 Å². The lowest BCUT2D eigenvalue weighted by molar-refractivity contribution is 1.17. The van der Waals surface area contributed by atoms with E-state index in [2.05, 4.69) is 113 Å². The van der Waals surface area contributed by atoms with Gasteiger partial charge in [0.15, 0.2) is 0 Å². The molecule has 1 aliphatic rings. The van der Waals surface area contributed by atoms with Crippen LogP contribution in [0.25, 0.3) is 22.4 Å². The molecule has 160 valence electrons. The number of hydrogen-bond acceptors (Lipinski definition) is 4. The Labute approximate surface area is 203 Å². The Hall–Kier alpha value is -4.33. The highest BCUT2D eigenvalue weighted by atomic mass is 32.2. The van der Waals surface area contributed by atoms with Crippen molar-refractivity contribution < 1.29 is 0 Å². The second-order valence-corrected chi connectivity index (χ2v) is 9.10. The van der Waals surface area contributed by atoms with Crippen molar-refractivity contribution in [2.24, 2.45) is 0 Å². The number of nitrogens with zero attached hydrogens (tertiary/aromatic N) is 3. The first-order chi connectivity index (χ1) is 16.8. The molecule has 0 saturated carbocycles. The van der Waals surface area contributed by atoms with Crippen molar-refractivity contribution in [2.45, 2.75) is 9.79 Å². The molecule has 2 heterocycles. The second-order valence-electron chi connectivity index (χ2n) is 8.01.